The van der Waals surface area contributed by atoms with Crippen LogP contribution >= 0.6 is 0 Å². The maximum Gasteiger partial charge on any atom is 0.0983 e. The molecule has 0 radical (unpaired) electrons. The molecular weight excluding hydrogens is 160 g/mol. The number of rotatable bonds is 0. The van der Waals surface area contributed by atoms with Crippen molar-refractivity contribution in [1.82, 2.24) is 0 Å². The number of epoxide rings is 1. The Kier molecular flexibility index (Phi) is 0.551. The van der Waals surface area contributed by atoms with Crippen LogP contribution in [-0.2, 0) is 4.74 Å². The molecule has 1 spiro atoms. The Morgan fingerprint density at radius 1 is 0.846 bits per heavy atom. The Balaban J connectivity index is 1.78. The summed E-state index contributed by atoms with van der Waals surface area (Å²) in [6, 6.07) is 0. The highest BCUT2D eigenvalue weighted by Crippen LogP contribution is 2.87. The Morgan fingerprint density at radius 2 is 1.38 bits per heavy atom. The molecule has 1 saturated heterocycles. The maximum absolute atomic E-state index is 5.92. The molecule has 6 bridgehead atoms. The van der Waals surface area contributed by atoms with Crippen molar-refractivity contribution in [3.05, 3.63) is 0 Å². The lowest BCUT2D eigenvalue weighted by atomic mass is 9.71. The zero-order chi connectivity index (χ0) is 7.95. The van der Waals surface area contributed by atoms with E-state index < -0.39 is 0 Å². The van der Waals surface area contributed by atoms with Crippen molar-refractivity contribution in [2.45, 2.75) is 18.4 Å². The van der Waals surface area contributed by atoms with Gasteiger partial charge in [0.15, 0.2) is 0 Å². The predicted molar refractivity (Wildman–Crippen MR) is 45.8 cm³/mol. The quantitative estimate of drug-likeness (QED) is 0.507. The van der Waals surface area contributed by atoms with Crippen molar-refractivity contribution in [3.63, 3.8) is 0 Å². The molecule has 0 aromatic rings. The van der Waals surface area contributed by atoms with E-state index in [1.165, 1.54) is 11.8 Å². The third kappa shape index (κ3) is 0.319. The standard InChI is InChI=1S/C12H14O/c1-4-5-2-7-8(4)10-6(1)9(5)11(7)12(10)3-13-12/h4-11H,1-3H2/t4-,5+,6-,7-,8+,9-,10+,11+,12?/m0/s1. The monoisotopic (exact) mass is 174 g/mol. The second-order valence-corrected chi connectivity index (χ2v) is 6.58. The molecule has 6 saturated carbocycles. The van der Waals surface area contributed by atoms with Gasteiger partial charge in [-0.25, -0.2) is 0 Å². The van der Waals surface area contributed by atoms with Crippen molar-refractivity contribution in [1.29, 1.82) is 0 Å². The van der Waals surface area contributed by atoms with Gasteiger partial charge in [0.2, 0.25) is 0 Å². The minimum absolute atomic E-state index is 0.505. The van der Waals surface area contributed by atoms with Gasteiger partial charge in [-0.3, -0.25) is 0 Å². The van der Waals surface area contributed by atoms with E-state index in [9.17, 15) is 0 Å². The molecule has 68 valence electrons. The Hall–Kier alpha value is -0.0400. The highest BCUT2D eigenvalue weighted by Gasteiger charge is 2.88. The van der Waals surface area contributed by atoms with E-state index in [1.54, 1.807) is 12.8 Å². The van der Waals surface area contributed by atoms with Crippen LogP contribution in [0.15, 0.2) is 0 Å². The van der Waals surface area contributed by atoms with Crippen LogP contribution in [0.4, 0.5) is 0 Å². The molecule has 1 nitrogen and oxygen atoms in total. The average molecular weight is 174 g/mol. The molecule has 6 aliphatic carbocycles. The van der Waals surface area contributed by atoms with Crippen molar-refractivity contribution in [2.75, 3.05) is 6.61 Å². The van der Waals surface area contributed by atoms with Crippen molar-refractivity contribution in [3.8, 4) is 0 Å². The van der Waals surface area contributed by atoms with E-state index in [-0.39, 0.29) is 0 Å². The van der Waals surface area contributed by atoms with Gasteiger partial charge in [0, 0.05) is 0 Å². The van der Waals surface area contributed by atoms with Gasteiger partial charge in [-0.2, -0.15) is 0 Å². The number of hydrogen-bond donors (Lipinski definition) is 0. The smallest absolute Gasteiger partial charge is 0.0983 e. The highest BCUT2D eigenvalue weighted by molar-refractivity contribution is 5.35. The normalized spacial score (nSPS) is 88.6. The van der Waals surface area contributed by atoms with E-state index in [4.69, 9.17) is 4.74 Å². The zero-order valence-corrected chi connectivity index (χ0v) is 7.65. The summed E-state index contributed by atoms with van der Waals surface area (Å²) >= 11 is 0. The Morgan fingerprint density at radius 3 is 1.85 bits per heavy atom. The molecule has 1 unspecified atom stereocenters. The molecule has 0 amide bonds. The molecular formula is C12H14O. The van der Waals surface area contributed by atoms with E-state index in [0.29, 0.717) is 5.60 Å². The maximum atomic E-state index is 5.92. The largest absolute Gasteiger partial charge is 0.369 e. The van der Waals surface area contributed by atoms with Gasteiger partial charge in [-0.1, -0.05) is 0 Å². The van der Waals surface area contributed by atoms with Crippen LogP contribution < -0.4 is 0 Å². The van der Waals surface area contributed by atoms with E-state index in [1.807, 2.05) is 0 Å². The molecule has 1 heterocycles. The SMILES string of the molecule is C1[C@H]2[C@H]3C[C@H]4[C@@H]2[C@H]2[C@@H]1[C@H]3[C@@H]4C21CO1. The molecule has 7 rings (SSSR count). The van der Waals surface area contributed by atoms with Gasteiger partial charge in [0.25, 0.3) is 0 Å². The first kappa shape index (κ1) is 5.75. The summed E-state index contributed by atoms with van der Waals surface area (Å²) in [5, 5.41) is 0. The van der Waals surface area contributed by atoms with Gasteiger partial charge < -0.3 is 4.74 Å². The number of ether oxygens (including phenoxy) is 1. The Labute approximate surface area is 77.8 Å². The molecule has 0 aromatic carbocycles. The second kappa shape index (κ2) is 1.25. The summed E-state index contributed by atoms with van der Waals surface area (Å²) in [4.78, 5) is 0. The first-order valence-corrected chi connectivity index (χ1v) is 6.06. The predicted octanol–water partition coefficient (Wildman–Crippen LogP) is 1.53. The topological polar surface area (TPSA) is 12.5 Å². The van der Waals surface area contributed by atoms with E-state index in [0.717, 1.165) is 42.1 Å². The fourth-order valence-electron chi connectivity index (χ4n) is 7.29. The molecule has 9 atom stereocenters. The van der Waals surface area contributed by atoms with Crippen LogP contribution in [0.1, 0.15) is 12.8 Å². The molecule has 0 N–H and O–H groups in total. The first-order chi connectivity index (χ1) is 6.42. The minimum Gasteiger partial charge on any atom is -0.369 e. The molecule has 1 heteroatoms. The van der Waals surface area contributed by atoms with Crippen molar-refractivity contribution < 1.29 is 4.74 Å². The first-order valence-electron chi connectivity index (χ1n) is 6.06. The lowest BCUT2D eigenvalue weighted by molar-refractivity contribution is 0.132. The van der Waals surface area contributed by atoms with Crippen LogP contribution in [0.25, 0.3) is 0 Å². The second-order valence-electron chi connectivity index (χ2n) is 6.58. The molecule has 0 aromatic heterocycles. The lowest BCUT2D eigenvalue weighted by Crippen LogP contribution is -2.30. The summed E-state index contributed by atoms with van der Waals surface area (Å²) in [6.45, 7) is 1.15. The highest BCUT2D eigenvalue weighted by atomic mass is 16.6. The summed E-state index contributed by atoms with van der Waals surface area (Å²) in [7, 11) is 0. The fraction of sp³-hybridized carbons (Fsp3) is 1.00. The molecule has 13 heavy (non-hydrogen) atoms. The summed E-state index contributed by atoms with van der Waals surface area (Å²) < 4.78 is 5.92. The van der Waals surface area contributed by atoms with Crippen molar-refractivity contribution in [2.24, 2.45) is 47.3 Å². The van der Waals surface area contributed by atoms with Crippen LogP contribution in [0.3, 0.4) is 0 Å². The van der Waals surface area contributed by atoms with Crippen LogP contribution in [-0.4, -0.2) is 12.2 Å². The molecule has 1 aliphatic heterocycles. The summed E-state index contributed by atoms with van der Waals surface area (Å²) in [5.74, 6) is 9.11. The Bertz CT molecular complexity index is 315. The molecule has 7 fully saturated rings. The summed E-state index contributed by atoms with van der Waals surface area (Å²) in [5.41, 5.74) is 0.505. The number of hydrogen-bond acceptors (Lipinski definition) is 1. The lowest BCUT2D eigenvalue weighted by Gasteiger charge is -2.33. The molecule has 7 aliphatic rings. The average Bonchev–Trinajstić information content (AvgIpc) is 2.43. The van der Waals surface area contributed by atoms with Crippen LogP contribution in [0.2, 0.25) is 0 Å². The van der Waals surface area contributed by atoms with Crippen LogP contribution in [0, 0.1) is 47.3 Å². The van der Waals surface area contributed by atoms with Crippen molar-refractivity contribution >= 4 is 0 Å². The third-order valence-corrected chi connectivity index (χ3v) is 6.97. The van der Waals surface area contributed by atoms with E-state index >= 15 is 0 Å². The third-order valence-electron chi connectivity index (χ3n) is 6.97. The van der Waals surface area contributed by atoms with Crippen LogP contribution in [0.5, 0.6) is 0 Å². The van der Waals surface area contributed by atoms with E-state index in [2.05, 4.69) is 0 Å². The minimum atomic E-state index is 0.505. The summed E-state index contributed by atoms with van der Waals surface area (Å²) in [6.07, 6.45) is 3.23. The van der Waals surface area contributed by atoms with Gasteiger partial charge in [0.1, 0.15) is 0 Å². The van der Waals surface area contributed by atoms with Gasteiger partial charge in [-0.05, 0) is 60.2 Å². The van der Waals surface area contributed by atoms with Gasteiger partial charge in [-0.15, -0.1) is 0 Å². The van der Waals surface area contributed by atoms with Gasteiger partial charge >= 0.3 is 0 Å². The fourth-order valence-corrected chi connectivity index (χ4v) is 7.29. The van der Waals surface area contributed by atoms with Gasteiger partial charge in [0.05, 0.1) is 12.2 Å². The zero-order valence-electron chi connectivity index (χ0n) is 7.65.